The molecule has 1 radical (unpaired) electrons. The summed E-state index contributed by atoms with van der Waals surface area (Å²) in [6, 6.07) is 4.03. The molecule has 0 aliphatic heterocycles. The van der Waals surface area contributed by atoms with E-state index in [9.17, 15) is 5.11 Å². The summed E-state index contributed by atoms with van der Waals surface area (Å²) in [5.74, 6) is 0.452. The van der Waals surface area contributed by atoms with Gasteiger partial charge in [0.1, 0.15) is 5.75 Å². The zero-order valence-electron chi connectivity index (χ0n) is 8.46. The third kappa shape index (κ3) is 3.07. The van der Waals surface area contributed by atoms with E-state index < -0.39 is 0 Å². The molecular weight excluding hydrogens is 237 g/mol. The molecule has 0 heterocycles. The summed E-state index contributed by atoms with van der Waals surface area (Å²) in [6.07, 6.45) is 2.89. The number of phenols is 1. The molecule has 0 saturated heterocycles. The van der Waals surface area contributed by atoms with Crippen molar-refractivity contribution in [2.24, 2.45) is 0 Å². The zero-order valence-corrected chi connectivity index (χ0v) is 11.3. The number of benzene rings is 1. The van der Waals surface area contributed by atoms with Gasteiger partial charge < -0.3 is 11.5 Å². The van der Waals surface area contributed by atoms with Crippen molar-refractivity contribution in [2.45, 2.75) is 27.2 Å². The third-order valence-electron chi connectivity index (χ3n) is 2.21. The average molecular weight is 252 g/mol. The van der Waals surface area contributed by atoms with E-state index in [1.807, 2.05) is 39.3 Å². The van der Waals surface area contributed by atoms with Crippen LogP contribution in [-0.2, 0) is 39.1 Å². The van der Waals surface area contributed by atoms with Crippen molar-refractivity contribution in [3.63, 3.8) is 0 Å². The van der Waals surface area contributed by atoms with Gasteiger partial charge in [-0.25, -0.2) is 0 Å². The summed E-state index contributed by atoms with van der Waals surface area (Å²) in [5, 5.41) is 9.69. The number of phenolic OH excluding ortho intramolecular Hbond substituents is 1. The molecule has 1 aromatic carbocycles. The molecule has 1 aromatic rings. The summed E-state index contributed by atoms with van der Waals surface area (Å²) < 4.78 is 0. The SMILES string of the molecule is C[CH-]Cc1ccc(C)c(C)c1O.[Y]. The summed E-state index contributed by atoms with van der Waals surface area (Å²) in [5.41, 5.74) is 3.15. The second kappa shape index (κ2) is 5.77. The number of hydrogen-bond acceptors (Lipinski definition) is 1. The van der Waals surface area contributed by atoms with E-state index >= 15 is 0 Å². The van der Waals surface area contributed by atoms with Crippen LogP contribution in [0.15, 0.2) is 12.1 Å². The molecule has 69 valence electrons. The molecule has 0 fully saturated rings. The zero-order chi connectivity index (χ0) is 9.14. The molecule has 0 spiro atoms. The molecule has 0 aliphatic rings. The number of aryl methyl sites for hydroxylation is 1. The van der Waals surface area contributed by atoms with Crippen LogP contribution >= 0.6 is 0 Å². The second-order valence-corrected chi connectivity index (χ2v) is 3.13. The summed E-state index contributed by atoms with van der Waals surface area (Å²) >= 11 is 0. The number of rotatable bonds is 2. The van der Waals surface area contributed by atoms with Gasteiger partial charge in [0.2, 0.25) is 0 Å². The van der Waals surface area contributed by atoms with Crippen LogP contribution in [0, 0.1) is 20.3 Å². The molecule has 0 amide bonds. The Balaban J connectivity index is 0.00000144. The maximum atomic E-state index is 9.69. The minimum atomic E-state index is 0. The van der Waals surface area contributed by atoms with Gasteiger partial charge in [-0.2, -0.15) is 6.92 Å². The van der Waals surface area contributed by atoms with Crippen molar-refractivity contribution in [2.75, 3.05) is 0 Å². The van der Waals surface area contributed by atoms with Crippen LogP contribution in [0.25, 0.3) is 0 Å². The average Bonchev–Trinajstić information content (AvgIpc) is 2.07. The monoisotopic (exact) mass is 252 g/mol. The van der Waals surface area contributed by atoms with E-state index in [4.69, 9.17) is 0 Å². The van der Waals surface area contributed by atoms with Gasteiger partial charge in [-0.1, -0.05) is 12.1 Å². The van der Waals surface area contributed by atoms with Crippen molar-refractivity contribution >= 4 is 0 Å². The second-order valence-electron chi connectivity index (χ2n) is 3.13. The topological polar surface area (TPSA) is 20.2 Å². The van der Waals surface area contributed by atoms with Crippen LogP contribution in [0.4, 0.5) is 0 Å². The van der Waals surface area contributed by atoms with E-state index in [-0.39, 0.29) is 32.7 Å². The van der Waals surface area contributed by atoms with Gasteiger partial charge in [0.25, 0.3) is 0 Å². The fourth-order valence-electron chi connectivity index (χ4n) is 1.24. The van der Waals surface area contributed by atoms with E-state index in [1.165, 1.54) is 0 Å². The van der Waals surface area contributed by atoms with Crippen LogP contribution in [0.5, 0.6) is 5.75 Å². The Morgan fingerprint density at radius 1 is 1.31 bits per heavy atom. The minimum absolute atomic E-state index is 0. The van der Waals surface area contributed by atoms with Crippen molar-refractivity contribution in [3.8, 4) is 5.75 Å². The molecule has 0 atom stereocenters. The van der Waals surface area contributed by atoms with Gasteiger partial charge in [-0.15, -0.1) is 6.42 Å². The van der Waals surface area contributed by atoms with E-state index in [2.05, 4.69) is 0 Å². The van der Waals surface area contributed by atoms with Gasteiger partial charge in [0.15, 0.2) is 0 Å². The fourth-order valence-corrected chi connectivity index (χ4v) is 1.24. The molecule has 1 N–H and O–H groups in total. The maximum absolute atomic E-state index is 9.69. The normalized spacial score (nSPS) is 9.46. The van der Waals surface area contributed by atoms with Crippen molar-refractivity contribution in [1.82, 2.24) is 0 Å². The van der Waals surface area contributed by atoms with Crippen molar-refractivity contribution in [1.29, 1.82) is 0 Å². The molecule has 0 saturated carbocycles. The Morgan fingerprint density at radius 3 is 2.46 bits per heavy atom. The van der Waals surface area contributed by atoms with Crippen molar-refractivity contribution in [3.05, 3.63) is 35.2 Å². The van der Waals surface area contributed by atoms with Gasteiger partial charge in [0, 0.05) is 32.7 Å². The molecule has 13 heavy (non-hydrogen) atoms. The smallest absolute Gasteiger partial charge is 0.119 e. The minimum Gasteiger partial charge on any atom is -0.507 e. The first-order chi connectivity index (χ1) is 5.66. The van der Waals surface area contributed by atoms with Crippen molar-refractivity contribution < 1.29 is 37.8 Å². The van der Waals surface area contributed by atoms with Crippen LogP contribution in [0.3, 0.4) is 0 Å². The Labute approximate surface area is 105 Å². The molecule has 0 aliphatic carbocycles. The van der Waals surface area contributed by atoms with E-state index in [0.717, 1.165) is 23.1 Å². The molecule has 2 heteroatoms. The Hall–Kier alpha value is 0.124. The van der Waals surface area contributed by atoms with Gasteiger partial charge in [-0.3, -0.25) is 0 Å². The molecule has 0 aromatic heterocycles. The molecular formula is C11H15OY-. The molecule has 1 nitrogen and oxygen atoms in total. The summed E-state index contributed by atoms with van der Waals surface area (Å²) in [4.78, 5) is 0. The maximum Gasteiger partial charge on any atom is 0.119 e. The van der Waals surface area contributed by atoms with E-state index in [0.29, 0.717) is 5.75 Å². The molecule has 0 unspecified atom stereocenters. The molecule has 1 rings (SSSR count). The van der Waals surface area contributed by atoms with Gasteiger partial charge >= 0.3 is 0 Å². The summed E-state index contributed by atoms with van der Waals surface area (Å²) in [7, 11) is 0. The standard InChI is InChI=1S/C11H15O.Y/c1-4-5-10-7-6-8(2)9(3)11(10)12;/h4,6-7,12H,5H2,1-3H3;/q-1;. The Kier molecular flexibility index (Phi) is 5.83. The largest absolute Gasteiger partial charge is 0.507 e. The third-order valence-corrected chi connectivity index (χ3v) is 2.21. The van der Waals surface area contributed by atoms with Gasteiger partial charge in [-0.05, 0) is 30.5 Å². The molecule has 0 bridgehead atoms. The predicted molar refractivity (Wildman–Crippen MR) is 51.3 cm³/mol. The first-order valence-electron chi connectivity index (χ1n) is 4.22. The van der Waals surface area contributed by atoms with Gasteiger partial charge in [0.05, 0.1) is 0 Å². The summed E-state index contributed by atoms with van der Waals surface area (Å²) in [6.45, 7) is 5.95. The predicted octanol–water partition coefficient (Wildman–Crippen LogP) is 2.77. The first kappa shape index (κ1) is 13.1. The Morgan fingerprint density at radius 2 is 1.92 bits per heavy atom. The van der Waals surface area contributed by atoms with Crippen LogP contribution in [-0.4, -0.2) is 5.11 Å². The van der Waals surface area contributed by atoms with E-state index in [1.54, 1.807) is 0 Å². The van der Waals surface area contributed by atoms with Crippen LogP contribution < -0.4 is 0 Å². The Bertz CT molecular complexity index is 282. The van der Waals surface area contributed by atoms with Crippen LogP contribution in [0.2, 0.25) is 0 Å². The fraction of sp³-hybridized carbons (Fsp3) is 0.364. The number of hydrogen-bond donors (Lipinski definition) is 1. The quantitative estimate of drug-likeness (QED) is 0.802. The van der Waals surface area contributed by atoms with Crippen LogP contribution in [0.1, 0.15) is 23.6 Å². The number of aromatic hydroxyl groups is 1. The first-order valence-corrected chi connectivity index (χ1v) is 4.22.